The molecule has 0 N–H and O–H groups in total. The maximum atomic E-state index is 11.0. The average Bonchev–Trinajstić information content (AvgIpc) is 3.03. The highest BCUT2D eigenvalue weighted by Crippen LogP contribution is 2.31. The summed E-state index contributed by atoms with van der Waals surface area (Å²) in [5.74, 6) is 0.807. The number of ether oxygens (including phenoxy) is 1. The topological polar surface area (TPSA) is 26.3 Å². The van der Waals surface area contributed by atoms with Crippen LogP contribution in [0.2, 0.25) is 0 Å². The molecular weight excluding hydrogens is 280 g/mol. The van der Waals surface area contributed by atoms with Crippen LogP contribution in [-0.2, 0) is 6.61 Å². The van der Waals surface area contributed by atoms with E-state index in [0.29, 0.717) is 6.61 Å². The Labute approximate surface area is 127 Å². The van der Waals surface area contributed by atoms with E-state index in [9.17, 15) is 4.79 Å². The monoisotopic (exact) mass is 294 g/mol. The third-order valence-electron chi connectivity index (χ3n) is 3.17. The Morgan fingerprint density at radius 3 is 2.67 bits per heavy atom. The molecule has 0 unspecified atom stereocenters. The molecule has 2 aromatic carbocycles. The molecule has 0 atom stereocenters. The highest BCUT2D eigenvalue weighted by atomic mass is 32.1. The second-order valence-corrected chi connectivity index (χ2v) is 5.54. The van der Waals surface area contributed by atoms with Gasteiger partial charge in [-0.1, -0.05) is 42.5 Å². The SMILES string of the molecule is O=Cc1ccsc1-c1cccc(OCc2ccccc2)c1. The van der Waals surface area contributed by atoms with Crippen LogP contribution in [-0.4, -0.2) is 6.29 Å². The molecule has 3 rings (SSSR count). The van der Waals surface area contributed by atoms with Crippen LogP contribution < -0.4 is 4.74 Å². The zero-order chi connectivity index (χ0) is 14.5. The molecule has 3 aromatic rings. The van der Waals surface area contributed by atoms with Crippen molar-refractivity contribution in [3.05, 3.63) is 77.2 Å². The van der Waals surface area contributed by atoms with E-state index in [-0.39, 0.29) is 0 Å². The zero-order valence-electron chi connectivity index (χ0n) is 11.4. The molecule has 21 heavy (non-hydrogen) atoms. The van der Waals surface area contributed by atoms with Crippen molar-refractivity contribution in [2.24, 2.45) is 0 Å². The van der Waals surface area contributed by atoms with Crippen molar-refractivity contribution in [1.29, 1.82) is 0 Å². The van der Waals surface area contributed by atoms with E-state index >= 15 is 0 Å². The van der Waals surface area contributed by atoms with Gasteiger partial charge in [0.1, 0.15) is 12.4 Å². The van der Waals surface area contributed by atoms with E-state index in [2.05, 4.69) is 0 Å². The van der Waals surface area contributed by atoms with E-state index < -0.39 is 0 Å². The van der Waals surface area contributed by atoms with Crippen molar-refractivity contribution in [2.75, 3.05) is 0 Å². The number of carbonyl (C=O) groups is 1. The molecule has 1 heterocycles. The second-order valence-electron chi connectivity index (χ2n) is 4.63. The Bertz CT molecular complexity index is 732. The van der Waals surface area contributed by atoms with E-state index in [1.165, 1.54) is 0 Å². The van der Waals surface area contributed by atoms with Crippen LogP contribution >= 0.6 is 11.3 Å². The number of carbonyl (C=O) groups excluding carboxylic acids is 1. The molecule has 0 aliphatic carbocycles. The minimum Gasteiger partial charge on any atom is -0.489 e. The van der Waals surface area contributed by atoms with Gasteiger partial charge in [-0.15, -0.1) is 11.3 Å². The van der Waals surface area contributed by atoms with E-state index in [1.807, 2.05) is 66.0 Å². The minimum atomic E-state index is 0.537. The Kier molecular flexibility index (Phi) is 4.12. The van der Waals surface area contributed by atoms with Crippen LogP contribution in [0.4, 0.5) is 0 Å². The van der Waals surface area contributed by atoms with E-state index in [1.54, 1.807) is 11.3 Å². The fraction of sp³-hybridized carbons (Fsp3) is 0.0556. The Hall–Kier alpha value is -2.39. The van der Waals surface area contributed by atoms with Crippen molar-refractivity contribution in [3.63, 3.8) is 0 Å². The zero-order valence-corrected chi connectivity index (χ0v) is 12.2. The summed E-state index contributed by atoms with van der Waals surface area (Å²) < 4.78 is 5.82. The molecule has 104 valence electrons. The lowest BCUT2D eigenvalue weighted by molar-refractivity contribution is 0.112. The Morgan fingerprint density at radius 2 is 1.86 bits per heavy atom. The fourth-order valence-corrected chi connectivity index (χ4v) is 2.98. The summed E-state index contributed by atoms with van der Waals surface area (Å²) in [4.78, 5) is 12.0. The first kappa shape index (κ1) is 13.6. The molecule has 0 saturated heterocycles. The predicted octanol–water partition coefficient (Wildman–Crippen LogP) is 4.81. The minimum absolute atomic E-state index is 0.537. The first-order valence-electron chi connectivity index (χ1n) is 6.66. The molecule has 0 radical (unpaired) electrons. The number of thiophene rings is 1. The second kappa shape index (κ2) is 6.37. The van der Waals surface area contributed by atoms with E-state index in [4.69, 9.17) is 4.74 Å². The lowest BCUT2D eigenvalue weighted by Gasteiger charge is -2.08. The van der Waals surface area contributed by atoms with Crippen molar-refractivity contribution in [1.82, 2.24) is 0 Å². The summed E-state index contributed by atoms with van der Waals surface area (Å²) in [6.45, 7) is 0.537. The van der Waals surface area contributed by atoms with Crippen LogP contribution in [0.25, 0.3) is 10.4 Å². The number of rotatable bonds is 5. The van der Waals surface area contributed by atoms with Crippen molar-refractivity contribution >= 4 is 17.6 Å². The van der Waals surface area contributed by atoms with Crippen LogP contribution in [0.3, 0.4) is 0 Å². The van der Waals surface area contributed by atoms with Gasteiger partial charge in [-0.3, -0.25) is 4.79 Å². The van der Waals surface area contributed by atoms with Gasteiger partial charge < -0.3 is 4.74 Å². The van der Waals surface area contributed by atoms with Crippen LogP contribution in [0.15, 0.2) is 66.0 Å². The average molecular weight is 294 g/mol. The largest absolute Gasteiger partial charge is 0.489 e. The van der Waals surface area contributed by atoms with Crippen LogP contribution in [0.5, 0.6) is 5.75 Å². The molecule has 0 aliphatic rings. The maximum Gasteiger partial charge on any atom is 0.151 e. The molecule has 0 spiro atoms. The van der Waals surface area contributed by atoms with Gasteiger partial charge in [0.05, 0.1) is 0 Å². The Morgan fingerprint density at radius 1 is 1.00 bits per heavy atom. The molecule has 0 amide bonds. The standard InChI is InChI=1S/C18H14O2S/c19-12-16-9-10-21-18(16)15-7-4-8-17(11-15)20-13-14-5-2-1-3-6-14/h1-12H,13H2. The number of hydrogen-bond donors (Lipinski definition) is 0. The highest BCUT2D eigenvalue weighted by molar-refractivity contribution is 7.14. The van der Waals surface area contributed by atoms with Gasteiger partial charge in [0, 0.05) is 10.4 Å². The molecule has 0 aliphatic heterocycles. The molecular formula is C18H14O2S. The first-order chi connectivity index (χ1) is 10.4. The molecule has 0 saturated carbocycles. The van der Waals surface area contributed by atoms with Gasteiger partial charge in [-0.2, -0.15) is 0 Å². The fourth-order valence-electron chi connectivity index (χ4n) is 2.11. The van der Waals surface area contributed by atoms with Crippen LogP contribution in [0, 0.1) is 0 Å². The number of hydrogen-bond acceptors (Lipinski definition) is 3. The summed E-state index contributed by atoms with van der Waals surface area (Å²) >= 11 is 1.56. The van der Waals surface area contributed by atoms with Gasteiger partial charge >= 0.3 is 0 Å². The predicted molar refractivity (Wildman–Crippen MR) is 85.9 cm³/mol. The smallest absolute Gasteiger partial charge is 0.151 e. The van der Waals surface area contributed by atoms with Crippen molar-refractivity contribution in [2.45, 2.75) is 6.61 Å². The summed E-state index contributed by atoms with van der Waals surface area (Å²) in [6.07, 6.45) is 0.892. The number of benzene rings is 2. The highest BCUT2D eigenvalue weighted by Gasteiger charge is 2.07. The van der Waals surface area contributed by atoms with Gasteiger partial charge in [0.15, 0.2) is 6.29 Å². The van der Waals surface area contributed by atoms with Gasteiger partial charge in [-0.05, 0) is 34.7 Å². The summed E-state index contributed by atoms with van der Waals surface area (Å²) in [6, 6.07) is 19.7. The van der Waals surface area contributed by atoms with Gasteiger partial charge in [0.2, 0.25) is 0 Å². The summed E-state index contributed by atoms with van der Waals surface area (Å²) in [5, 5.41) is 1.93. The normalized spacial score (nSPS) is 10.3. The van der Waals surface area contributed by atoms with E-state index in [0.717, 1.165) is 33.6 Å². The van der Waals surface area contributed by atoms with Crippen molar-refractivity contribution < 1.29 is 9.53 Å². The molecule has 0 fully saturated rings. The Balaban J connectivity index is 1.79. The lowest BCUT2D eigenvalue weighted by atomic mass is 10.1. The molecule has 3 heteroatoms. The third kappa shape index (κ3) is 3.20. The number of aldehydes is 1. The summed E-state index contributed by atoms with van der Waals surface area (Å²) in [7, 11) is 0. The molecule has 2 nitrogen and oxygen atoms in total. The lowest BCUT2D eigenvalue weighted by Crippen LogP contribution is -1.95. The van der Waals surface area contributed by atoms with Crippen LogP contribution in [0.1, 0.15) is 15.9 Å². The van der Waals surface area contributed by atoms with Gasteiger partial charge in [-0.25, -0.2) is 0 Å². The van der Waals surface area contributed by atoms with Crippen molar-refractivity contribution in [3.8, 4) is 16.2 Å². The quantitative estimate of drug-likeness (QED) is 0.631. The maximum absolute atomic E-state index is 11.0. The molecule has 1 aromatic heterocycles. The summed E-state index contributed by atoms with van der Waals surface area (Å²) in [5.41, 5.74) is 2.87. The van der Waals surface area contributed by atoms with Gasteiger partial charge in [0.25, 0.3) is 0 Å². The molecule has 0 bridgehead atoms. The third-order valence-corrected chi connectivity index (χ3v) is 4.15. The first-order valence-corrected chi connectivity index (χ1v) is 7.54.